The van der Waals surface area contributed by atoms with Crippen molar-refractivity contribution in [2.45, 2.75) is 32.4 Å². The van der Waals surface area contributed by atoms with Crippen molar-refractivity contribution in [2.24, 2.45) is 0 Å². The first-order valence-electron chi connectivity index (χ1n) is 6.64. The van der Waals surface area contributed by atoms with E-state index < -0.39 is 0 Å². The van der Waals surface area contributed by atoms with Crippen molar-refractivity contribution >= 4 is 5.95 Å². The molecular weight excluding hydrogens is 236 g/mol. The second-order valence-corrected chi connectivity index (χ2v) is 4.58. The van der Waals surface area contributed by atoms with Crippen LogP contribution in [-0.2, 0) is 6.54 Å². The second-order valence-electron chi connectivity index (χ2n) is 4.58. The Hall–Kier alpha value is -1.94. The third-order valence-corrected chi connectivity index (χ3v) is 3.06. The van der Waals surface area contributed by atoms with E-state index in [9.17, 15) is 0 Å². The zero-order valence-electron chi connectivity index (χ0n) is 11.2. The lowest BCUT2D eigenvalue weighted by Gasteiger charge is -2.18. The summed E-state index contributed by atoms with van der Waals surface area (Å²) in [4.78, 5) is 8.00. The third kappa shape index (κ3) is 4.03. The van der Waals surface area contributed by atoms with Gasteiger partial charge in [-0.3, -0.25) is 0 Å². The molecule has 1 heterocycles. The molecule has 0 amide bonds. The van der Waals surface area contributed by atoms with Crippen molar-refractivity contribution in [2.75, 3.05) is 5.73 Å². The van der Waals surface area contributed by atoms with E-state index in [1.807, 2.05) is 6.07 Å². The summed E-state index contributed by atoms with van der Waals surface area (Å²) in [6.07, 6.45) is 5.79. The topological polar surface area (TPSA) is 63.8 Å². The smallest absolute Gasteiger partial charge is 0.219 e. The fourth-order valence-corrected chi connectivity index (χ4v) is 2.06. The molecule has 4 heteroatoms. The highest BCUT2D eigenvalue weighted by molar-refractivity contribution is 5.20. The van der Waals surface area contributed by atoms with Crippen LogP contribution >= 0.6 is 0 Å². The Morgan fingerprint density at radius 1 is 1.16 bits per heavy atom. The number of hydrogen-bond acceptors (Lipinski definition) is 4. The molecule has 0 fully saturated rings. The molecular formula is C15H20N4. The number of hydrogen-bond donors (Lipinski definition) is 2. The minimum Gasteiger partial charge on any atom is -0.368 e. The fraction of sp³-hybridized carbons (Fsp3) is 0.333. The summed E-state index contributed by atoms with van der Waals surface area (Å²) in [6, 6.07) is 10.9. The first kappa shape index (κ1) is 13.5. The molecule has 2 rings (SSSR count). The van der Waals surface area contributed by atoms with Crippen LogP contribution < -0.4 is 11.1 Å². The van der Waals surface area contributed by atoms with Crippen molar-refractivity contribution in [1.29, 1.82) is 0 Å². The van der Waals surface area contributed by atoms with Crippen LogP contribution in [0.3, 0.4) is 0 Å². The maximum Gasteiger partial charge on any atom is 0.219 e. The van der Waals surface area contributed by atoms with Gasteiger partial charge in [0.1, 0.15) is 0 Å². The molecule has 0 unspecified atom stereocenters. The molecule has 0 aliphatic rings. The highest BCUT2D eigenvalue weighted by Gasteiger charge is 2.09. The van der Waals surface area contributed by atoms with Crippen LogP contribution in [0.2, 0.25) is 0 Å². The average Bonchev–Trinajstić information content (AvgIpc) is 2.46. The molecule has 0 aliphatic heterocycles. The molecule has 0 saturated heterocycles. The summed E-state index contributed by atoms with van der Waals surface area (Å²) in [7, 11) is 0. The van der Waals surface area contributed by atoms with Gasteiger partial charge in [0.2, 0.25) is 5.95 Å². The van der Waals surface area contributed by atoms with E-state index in [1.54, 1.807) is 12.4 Å². The Morgan fingerprint density at radius 2 is 1.84 bits per heavy atom. The van der Waals surface area contributed by atoms with Crippen LogP contribution in [0.15, 0.2) is 42.7 Å². The van der Waals surface area contributed by atoms with Crippen LogP contribution in [-0.4, -0.2) is 9.97 Å². The zero-order valence-corrected chi connectivity index (χ0v) is 11.2. The number of aromatic nitrogens is 2. The van der Waals surface area contributed by atoms with E-state index in [-0.39, 0.29) is 0 Å². The number of anilines is 1. The number of rotatable bonds is 6. The van der Waals surface area contributed by atoms with Crippen molar-refractivity contribution in [3.8, 4) is 0 Å². The van der Waals surface area contributed by atoms with Crippen LogP contribution in [0.25, 0.3) is 0 Å². The van der Waals surface area contributed by atoms with E-state index in [1.165, 1.54) is 5.56 Å². The summed E-state index contributed by atoms with van der Waals surface area (Å²) in [5.41, 5.74) is 7.85. The standard InChI is InChI=1S/C15H20N4/c1-2-6-14(13-7-4-3-5-8-13)17-9-12-10-18-15(16)19-11-12/h3-5,7-8,10-11,14,17H,2,6,9H2,1H3,(H2,16,18,19)/t14-/m0/s1. The second kappa shape index (κ2) is 6.85. The molecule has 0 spiro atoms. The zero-order chi connectivity index (χ0) is 13.5. The quantitative estimate of drug-likeness (QED) is 0.834. The lowest BCUT2D eigenvalue weighted by molar-refractivity contribution is 0.492. The van der Waals surface area contributed by atoms with Crippen LogP contribution in [0.5, 0.6) is 0 Å². The van der Waals surface area contributed by atoms with Gasteiger partial charge in [-0.05, 0) is 12.0 Å². The van der Waals surface area contributed by atoms with Gasteiger partial charge in [-0.2, -0.15) is 0 Å². The molecule has 1 aromatic heterocycles. The normalized spacial score (nSPS) is 12.3. The summed E-state index contributed by atoms with van der Waals surface area (Å²) >= 11 is 0. The summed E-state index contributed by atoms with van der Waals surface area (Å²) in [5.74, 6) is 0.317. The van der Waals surface area contributed by atoms with E-state index in [0.717, 1.165) is 24.9 Å². The van der Waals surface area contributed by atoms with Crippen LogP contribution in [0.4, 0.5) is 5.95 Å². The minimum atomic E-state index is 0.317. The predicted octanol–water partition coefficient (Wildman–Crippen LogP) is 2.69. The number of benzene rings is 1. The van der Waals surface area contributed by atoms with E-state index in [0.29, 0.717) is 12.0 Å². The Balaban J connectivity index is 1.99. The lowest BCUT2D eigenvalue weighted by atomic mass is 10.0. The Morgan fingerprint density at radius 3 is 2.47 bits per heavy atom. The van der Waals surface area contributed by atoms with Crippen LogP contribution in [0, 0.1) is 0 Å². The molecule has 4 nitrogen and oxygen atoms in total. The maximum atomic E-state index is 5.48. The van der Waals surface area contributed by atoms with Gasteiger partial charge in [-0.15, -0.1) is 0 Å². The maximum absolute atomic E-state index is 5.48. The number of nitrogens with zero attached hydrogens (tertiary/aromatic N) is 2. The molecule has 0 saturated carbocycles. The summed E-state index contributed by atoms with van der Waals surface area (Å²) in [6.45, 7) is 2.95. The number of nitrogen functional groups attached to an aromatic ring is 1. The Labute approximate surface area is 114 Å². The van der Waals surface area contributed by atoms with E-state index in [2.05, 4.69) is 46.5 Å². The SMILES string of the molecule is CCC[C@H](NCc1cnc(N)nc1)c1ccccc1. The molecule has 19 heavy (non-hydrogen) atoms. The molecule has 3 N–H and O–H groups in total. The van der Waals surface area contributed by atoms with Crippen LogP contribution in [0.1, 0.15) is 36.9 Å². The number of nitrogens with two attached hydrogens (primary N) is 1. The molecule has 1 aromatic carbocycles. The van der Waals surface area contributed by atoms with Gasteiger partial charge in [0, 0.05) is 30.5 Å². The van der Waals surface area contributed by atoms with Gasteiger partial charge >= 0.3 is 0 Å². The first-order chi connectivity index (χ1) is 9.29. The van der Waals surface area contributed by atoms with Gasteiger partial charge in [0.05, 0.1) is 0 Å². The molecule has 100 valence electrons. The highest BCUT2D eigenvalue weighted by atomic mass is 15.0. The van der Waals surface area contributed by atoms with Gasteiger partial charge < -0.3 is 11.1 Å². The summed E-state index contributed by atoms with van der Waals surface area (Å²) in [5, 5.41) is 3.55. The van der Waals surface area contributed by atoms with Crippen molar-refractivity contribution in [3.63, 3.8) is 0 Å². The third-order valence-electron chi connectivity index (χ3n) is 3.06. The van der Waals surface area contributed by atoms with Gasteiger partial charge in [-0.1, -0.05) is 43.7 Å². The minimum absolute atomic E-state index is 0.317. The molecule has 0 radical (unpaired) electrons. The highest BCUT2D eigenvalue weighted by Crippen LogP contribution is 2.18. The van der Waals surface area contributed by atoms with E-state index >= 15 is 0 Å². The van der Waals surface area contributed by atoms with E-state index in [4.69, 9.17) is 5.73 Å². The molecule has 2 aromatic rings. The van der Waals surface area contributed by atoms with Crippen molar-refractivity contribution in [3.05, 3.63) is 53.9 Å². The van der Waals surface area contributed by atoms with Gasteiger partial charge in [0.15, 0.2) is 0 Å². The van der Waals surface area contributed by atoms with Crippen molar-refractivity contribution < 1.29 is 0 Å². The average molecular weight is 256 g/mol. The predicted molar refractivity (Wildman–Crippen MR) is 77.4 cm³/mol. The summed E-state index contributed by atoms with van der Waals surface area (Å²) < 4.78 is 0. The fourth-order valence-electron chi connectivity index (χ4n) is 2.06. The lowest BCUT2D eigenvalue weighted by Crippen LogP contribution is -2.21. The Kier molecular flexibility index (Phi) is 4.86. The Bertz CT molecular complexity index is 481. The molecule has 0 aliphatic carbocycles. The molecule has 0 bridgehead atoms. The van der Waals surface area contributed by atoms with Gasteiger partial charge in [-0.25, -0.2) is 9.97 Å². The monoisotopic (exact) mass is 256 g/mol. The first-order valence-corrected chi connectivity index (χ1v) is 6.64. The van der Waals surface area contributed by atoms with Crippen molar-refractivity contribution in [1.82, 2.24) is 15.3 Å². The number of nitrogens with one attached hydrogen (secondary N) is 1. The largest absolute Gasteiger partial charge is 0.368 e. The molecule has 1 atom stereocenters. The van der Waals surface area contributed by atoms with Gasteiger partial charge in [0.25, 0.3) is 0 Å².